The molecule has 0 spiro atoms. The number of halogens is 1. The molecule has 4 nitrogen and oxygen atoms in total. The first-order chi connectivity index (χ1) is 10.1. The van der Waals surface area contributed by atoms with Crippen molar-refractivity contribution >= 4 is 32.7 Å². The van der Waals surface area contributed by atoms with Crippen molar-refractivity contribution in [1.82, 2.24) is 15.1 Å². The zero-order chi connectivity index (χ0) is 14.8. The lowest BCUT2D eigenvalue weighted by Gasteiger charge is -2.04. The third kappa shape index (κ3) is 2.83. The van der Waals surface area contributed by atoms with Crippen LogP contribution in [0.2, 0.25) is 0 Å². The van der Waals surface area contributed by atoms with Crippen LogP contribution in [0.4, 0.5) is 0 Å². The first-order valence-electron chi connectivity index (χ1n) is 6.59. The standard InChI is InChI=1S/C16H14BrN3O/c1-20-15-5-3-2-4-13(15)14(19-20)10-18-16(21)11-6-8-12(17)9-7-11/h2-9H,10H2,1H3,(H,18,21). The van der Waals surface area contributed by atoms with Crippen LogP contribution in [-0.4, -0.2) is 15.7 Å². The maximum Gasteiger partial charge on any atom is 0.251 e. The Labute approximate surface area is 130 Å². The number of hydrogen-bond donors (Lipinski definition) is 1. The van der Waals surface area contributed by atoms with E-state index in [-0.39, 0.29) is 5.91 Å². The zero-order valence-corrected chi connectivity index (χ0v) is 13.1. The highest BCUT2D eigenvalue weighted by atomic mass is 79.9. The molecule has 0 bridgehead atoms. The van der Waals surface area contributed by atoms with Gasteiger partial charge < -0.3 is 5.32 Å². The van der Waals surface area contributed by atoms with Gasteiger partial charge >= 0.3 is 0 Å². The van der Waals surface area contributed by atoms with Gasteiger partial charge in [0.05, 0.1) is 17.8 Å². The van der Waals surface area contributed by atoms with Crippen molar-refractivity contribution in [3.05, 3.63) is 64.3 Å². The summed E-state index contributed by atoms with van der Waals surface area (Å²) in [7, 11) is 1.91. The first-order valence-corrected chi connectivity index (χ1v) is 7.39. The summed E-state index contributed by atoms with van der Waals surface area (Å²) in [4.78, 5) is 12.1. The highest BCUT2D eigenvalue weighted by Crippen LogP contribution is 2.17. The smallest absolute Gasteiger partial charge is 0.251 e. The fraction of sp³-hybridized carbons (Fsp3) is 0.125. The number of aryl methyl sites for hydroxylation is 1. The second-order valence-corrected chi connectivity index (χ2v) is 5.69. The minimum absolute atomic E-state index is 0.0998. The molecule has 0 unspecified atom stereocenters. The molecule has 0 fully saturated rings. The van der Waals surface area contributed by atoms with Crippen molar-refractivity contribution in [2.45, 2.75) is 6.54 Å². The number of rotatable bonds is 3. The normalized spacial score (nSPS) is 10.8. The Balaban J connectivity index is 1.77. The number of para-hydroxylation sites is 1. The van der Waals surface area contributed by atoms with Gasteiger partial charge in [-0.15, -0.1) is 0 Å². The van der Waals surface area contributed by atoms with Crippen LogP contribution in [0.25, 0.3) is 10.9 Å². The molecule has 106 valence electrons. The maximum absolute atomic E-state index is 12.1. The Morgan fingerprint density at radius 2 is 1.90 bits per heavy atom. The average molecular weight is 344 g/mol. The molecule has 1 heterocycles. The number of amides is 1. The van der Waals surface area contributed by atoms with Crippen LogP contribution in [0.15, 0.2) is 53.0 Å². The Morgan fingerprint density at radius 3 is 2.67 bits per heavy atom. The minimum Gasteiger partial charge on any atom is -0.346 e. The van der Waals surface area contributed by atoms with Crippen molar-refractivity contribution in [2.24, 2.45) is 7.05 Å². The Hall–Kier alpha value is -2.14. The molecule has 3 rings (SSSR count). The van der Waals surface area contributed by atoms with Gasteiger partial charge in [0.25, 0.3) is 5.91 Å². The molecule has 0 aliphatic rings. The molecule has 0 saturated heterocycles. The van der Waals surface area contributed by atoms with E-state index in [1.54, 1.807) is 12.1 Å². The Bertz CT molecular complexity index is 793. The summed E-state index contributed by atoms with van der Waals surface area (Å²) in [6.45, 7) is 0.413. The van der Waals surface area contributed by atoms with Gasteiger partial charge in [0.15, 0.2) is 0 Å². The zero-order valence-electron chi connectivity index (χ0n) is 11.5. The number of fused-ring (bicyclic) bond motifs is 1. The number of nitrogens with one attached hydrogen (secondary N) is 1. The molecule has 0 aliphatic carbocycles. The van der Waals surface area contributed by atoms with E-state index in [0.717, 1.165) is 21.1 Å². The van der Waals surface area contributed by atoms with E-state index in [4.69, 9.17) is 0 Å². The molecular formula is C16H14BrN3O. The first kappa shape index (κ1) is 13.8. The lowest BCUT2D eigenvalue weighted by Crippen LogP contribution is -2.23. The summed E-state index contributed by atoms with van der Waals surface area (Å²) in [5.41, 5.74) is 2.57. The van der Waals surface area contributed by atoms with Crippen molar-refractivity contribution in [3.63, 3.8) is 0 Å². The SMILES string of the molecule is Cn1nc(CNC(=O)c2ccc(Br)cc2)c2ccccc21. The Morgan fingerprint density at radius 1 is 1.19 bits per heavy atom. The van der Waals surface area contributed by atoms with Gasteiger partial charge in [0.2, 0.25) is 0 Å². The van der Waals surface area contributed by atoms with Gasteiger partial charge in [-0.05, 0) is 30.3 Å². The van der Waals surface area contributed by atoms with E-state index in [1.807, 2.05) is 48.1 Å². The third-order valence-electron chi connectivity index (χ3n) is 3.36. The highest BCUT2D eigenvalue weighted by molar-refractivity contribution is 9.10. The van der Waals surface area contributed by atoms with E-state index >= 15 is 0 Å². The van der Waals surface area contributed by atoms with Crippen LogP contribution in [0.1, 0.15) is 16.1 Å². The molecule has 1 N–H and O–H groups in total. The van der Waals surface area contributed by atoms with Crippen molar-refractivity contribution in [1.29, 1.82) is 0 Å². The molecular weight excluding hydrogens is 330 g/mol. The van der Waals surface area contributed by atoms with Crippen LogP contribution in [0.5, 0.6) is 0 Å². The van der Waals surface area contributed by atoms with E-state index < -0.39 is 0 Å². The van der Waals surface area contributed by atoms with Gasteiger partial charge in [-0.2, -0.15) is 5.10 Å². The summed E-state index contributed by atoms with van der Waals surface area (Å²) in [6, 6.07) is 15.3. The van der Waals surface area contributed by atoms with Crippen molar-refractivity contribution in [2.75, 3.05) is 0 Å². The molecule has 3 aromatic rings. The number of aromatic nitrogens is 2. The lowest BCUT2D eigenvalue weighted by molar-refractivity contribution is 0.0950. The summed E-state index contributed by atoms with van der Waals surface area (Å²) in [5, 5.41) is 8.44. The van der Waals surface area contributed by atoms with E-state index in [2.05, 4.69) is 26.3 Å². The topological polar surface area (TPSA) is 46.9 Å². The highest BCUT2D eigenvalue weighted by Gasteiger charge is 2.10. The van der Waals surface area contributed by atoms with Crippen molar-refractivity contribution in [3.8, 4) is 0 Å². The van der Waals surface area contributed by atoms with E-state index in [9.17, 15) is 4.79 Å². The number of carbonyl (C=O) groups excluding carboxylic acids is 1. The van der Waals surface area contributed by atoms with E-state index in [1.165, 1.54) is 0 Å². The van der Waals surface area contributed by atoms with Crippen molar-refractivity contribution < 1.29 is 4.79 Å². The van der Waals surface area contributed by atoms with Crippen LogP contribution >= 0.6 is 15.9 Å². The average Bonchev–Trinajstić information content (AvgIpc) is 2.83. The number of benzene rings is 2. The molecule has 5 heteroatoms. The van der Waals surface area contributed by atoms with E-state index in [0.29, 0.717) is 12.1 Å². The maximum atomic E-state index is 12.1. The largest absolute Gasteiger partial charge is 0.346 e. The summed E-state index contributed by atoms with van der Waals surface area (Å²) < 4.78 is 2.78. The molecule has 0 radical (unpaired) electrons. The minimum atomic E-state index is -0.0998. The molecule has 1 amide bonds. The van der Waals surface area contributed by atoms with Gasteiger partial charge in [-0.1, -0.05) is 34.1 Å². The van der Waals surface area contributed by atoms with Crippen LogP contribution in [-0.2, 0) is 13.6 Å². The summed E-state index contributed by atoms with van der Waals surface area (Å²) in [5.74, 6) is -0.0998. The lowest BCUT2D eigenvalue weighted by atomic mass is 10.2. The Kier molecular flexibility index (Phi) is 3.75. The summed E-state index contributed by atoms with van der Waals surface area (Å²) in [6.07, 6.45) is 0. The monoisotopic (exact) mass is 343 g/mol. The second kappa shape index (κ2) is 5.69. The number of hydrogen-bond acceptors (Lipinski definition) is 2. The molecule has 2 aromatic carbocycles. The fourth-order valence-corrected chi connectivity index (χ4v) is 2.55. The third-order valence-corrected chi connectivity index (χ3v) is 3.89. The fourth-order valence-electron chi connectivity index (χ4n) is 2.29. The van der Waals surface area contributed by atoms with Gasteiger partial charge in [0, 0.05) is 22.5 Å². The molecule has 0 atom stereocenters. The predicted octanol–water partition coefficient (Wildman–Crippen LogP) is 3.27. The van der Waals surface area contributed by atoms with Gasteiger partial charge in [-0.25, -0.2) is 0 Å². The van der Waals surface area contributed by atoms with Gasteiger partial charge in [-0.3, -0.25) is 9.48 Å². The van der Waals surface area contributed by atoms with Gasteiger partial charge in [0.1, 0.15) is 0 Å². The molecule has 21 heavy (non-hydrogen) atoms. The van der Waals surface area contributed by atoms with Crippen LogP contribution in [0.3, 0.4) is 0 Å². The molecule has 0 saturated carbocycles. The molecule has 0 aliphatic heterocycles. The number of carbonyl (C=O) groups is 1. The molecule has 1 aromatic heterocycles. The van der Waals surface area contributed by atoms with Crippen LogP contribution < -0.4 is 5.32 Å². The second-order valence-electron chi connectivity index (χ2n) is 4.78. The number of nitrogens with zero attached hydrogens (tertiary/aromatic N) is 2. The quantitative estimate of drug-likeness (QED) is 0.793. The predicted molar refractivity (Wildman–Crippen MR) is 86.0 cm³/mol. The summed E-state index contributed by atoms with van der Waals surface area (Å²) >= 11 is 3.36. The van der Waals surface area contributed by atoms with Crippen LogP contribution in [0, 0.1) is 0 Å².